The number of carbonyl (C=O) groups is 1. The fourth-order valence-corrected chi connectivity index (χ4v) is 5.11. The van der Waals surface area contributed by atoms with Crippen LogP contribution >= 0.6 is 0 Å². The maximum Gasteiger partial charge on any atom is 0.343 e. The summed E-state index contributed by atoms with van der Waals surface area (Å²) in [5, 5.41) is 0. The molecule has 2 aromatic carbocycles. The van der Waals surface area contributed by atoms with Gasteiger partial charge in [-0.15, -0.1) is 0 Å². The van der Waals surface area contributed by atoms with E-state index < -0.39 is 0 Å². The third kappa shape index (κ3) is 11.2. The number of rotatable bonds is 17. The first-order valence-corrected chi connectivity index (χ1v) is 14.9. The molecule has 0 unspecified atom stereocenters. The molecule has 0 spiro atoms. The molecule has 4 heteroatoms. The monoisotopic (exact) mass is 508 g/mol. The smallest absolute Gasteiger partial charge is 0.343 e. The molecular formula is C33H48O4. The second kappa shape index (κ2) is 17.1. The van der Waals surface area contributed by atoms with E-state index in [0.717, 1.165) is 30.4 Å². The maximum absolute atomic E-state index is 12.5. The molecule has 1 aliphatic rings. The lowest BCUT2D eigenvalue weighted by molar-refractivity contribution is 0.0734. The van der Waals surface area contributed by atoms with Crippen LogP contribution in [0, 0.1) is 11.8 Å². The van der Waals surface area contributed by atoms with Crippen LogP contribution in [0.1, 0.15) is 114 Å². The second-order valence-corrected chi connectivity index (χ2v) is 10.7. The lowest BCUT2D eigenvalue weighted by Crippen LogP contribution is -2.20. The van der Waals surface area contributed by atoms with Crippen molar-refractivity contribution in [1.82, 2.24) is 0 Å². The molecule has 0 N–H and O–H groups in total. The molecule has 0 bridgehead atoms. The fraction of sp³-hybridized carbons (Fsp3) is 0.606. The van der Waals surface area contributed by atoms with Gasteiger partial charge in [-0.1, -0.05) is 84.5 Å². The Kier molecular flexibility index (Phi) is 13.4. The molecule has 204 valence electrons. The Morgan fingerprint density at radius 2 is 1.19 bits per heavy atom. The van der Waals surface area contributed by atoms with Crippen molar-refractivity contribution in [2.75, 3.05) is 13.2 Å². The maximum atomic E-state index is 12.5. The summed E-state index contributed by atoms with van der Waals surface area (Å²) in [6, 6.07) is 14.6. The normalized spacial score (nSPS) is 17.4. The van der Waals surface area contributed by atoms with Gasteiger partial charge in [-0.05, 0) is 79.6 Å². The molecule has 0 saturated heterocycles. The van der Waals surface area contributed by atoms with Crippen molar-refractivity contribution in [3.63, 3.8) is 0 Å². The van der Waals surface area contributed by atoms with Crippen LogP contribution in [-0.4, -0.2) is 19.2 Å². The van der Waals surface area contributed by atoms with Crippen molar-refractivity contribution in [3.05, 3.63) is 54.1 Å². The van der Waals surface area contributed by atoms with Gasteiger partial charge in [0.1, 0.15) is 17.2 Å². The van der Waals surface area contributed by atoms with Crippen LogP contribution in [-0.2, 0) is 0 Å². The number of benzene rings is 2. The highest BCUT2D eigenvalue weighted by molar-refractivity contribution is 5.91. The Balaban J connectivity index is 1.33. The van der Waals surface area contributed by atoms with E-state index >= 15 is 0 Å². The zero-order valence-electron chi connectivity index (χ0n) is 23.2. The summed E-state index contributed by atoms with van der Waals surface area (Å²) >= 11 is 0. The minimum absolute atomic E-state index is 0.369. The van der Waals surface area contributed by atoms with Crippen molar-refractivity contribution in [3.8, 4) is 17.2 Å². The minimum atomic E-state index is -0.369. The van der Waals surface area contributed by atoms with Gasteiger partial charge in [0, 0.05) is 0 Å². The Labute approximate surface area is 225 Å². The van der Waals surface area contributed by atoms with Crippen LogP contribution < -0.4 is 14.2 Å². The summed E-state index contributed by atoms with van der Waals surface area (Å²) < 4.78 is 17.4. The Morgan fingerprint density at radius 3 is 1.89 bits per heavy atom. The summed E-state index contributed by atoms with van der Waals surface area (Å²) in [5.74, 6) is 3.34. The van der Waals surface area contributed by atoms with E-state index in [-0.39, 0.29) is 5.97 Å². The van der Waals surface area contributed by atoms with E-state index in [1.165, 1.54) is 83.5 Å². The number of carbonyl (C=O) groups excluding carboxylic acids is 1. The Morgan fingerprint density at radius 1 is 0.649 bits per heavy atom. The number of unbranched alkanes of at least 4 members (excludes halogenated alkanes) is 7. The van der Waals surface area contributed by atoms with Crippen LogP contribution in [0.3, 0.4) is 0 Å². The van der Waals surface area contributed by atoms with E-state index in [1.807, 2.05) is 24.3 Å². The van der Waals surface area contributed by atoms with Gasteiger partial charge in [-0.25, -0.2) is 4.79 Å². The molecule has 0 aromatic heterocycles. The van der Waals surface area contributed by atoms with Crippen LogP contribution in [0.2, 0.25) is 0 Å². The third-order valence-electron chi connectivity index (χ3n) is 7.56. The summed E-state index contributed by atoms with van der Waals surface area (Å²) in [4.78, 5) is 12.5. The molecular weight excluding hydrogens is 460 g/mol. The first-order chi connectivity index (χ1) is 18.2. The number of esters is 1. The molecule has 1 aliphatic carbocycles. The highest BCUT2D eigenvalue weighted by atomic mass is 16.5. The molecule has 37 heavy (non-hydrogen) atoms. The van der Waals surface area contributed by atoms with Crippen molar-refractivity contribution < 1.29 is 19.0 Å². The average molecular weight is 509 g/mol. The van der Waals surface area contributed by atoms with Gasteiger partial charge < -0.3 is 14.2 Å². The molecule has 2 aromatic rings. The predicted octanol–water partition coefficient (Wildman–Crippen LogP) is 9.41. The first kappa shape index (κ1) is 29.1. The molecule has 1 fully saturated rings. The first-order valence-electron chi connectivity index (χ1n) is 14.9. The van der Waals surface area contributed by atoms with E-state index in [0.29, 0.717) is 23.8 Å². The Hall–Kier alpha value is -2.49. The molecule has 1 saturated carbocycles. The van der Waals surface area contributed by atoms with Crippen molar-refractivity contribution in [2.45, 2.75) is 104 Å². The van der Waals surface area contributed by atoms with Gasteiger partial charge in [0.25, 0.3) is 0 Å². The van der Waals surface area contributed by atoms with Gasteiger partial charge in [0.05, 0.1) is 18.8 Å². The summed E-state index contributed by atoms with van der Waals surface area (Å²) in [7, 11) is 0. The number of hydrogen-bond donors (Lipinski definition) is 0. The molecule has 4 nitrogen and oxygen atoms in total. The molecule has 0 atom stereocenters. The van der Waals surface area contributed by atoms with Crippen LogP contribution in [0.15, 0.2) is 48.5 Å². The van der Waals surface area contributed by atoms with Gasteiger partial charge in [0.2, 0.25) is 0 Å². The second-order valence-electron chi connectivity index (χ2n) is 10.7. The summed E-state index contributed by atoms with van der Waals surface area (Å²) in [6.07, 6.45) is 18.1. The predicted molar refractivity (Wildman–Crippen MR) is 152 cm³/mol. The van der Waals surface area contributed by atoms with E-state index in [1.54, 1.807) is 24.3 Å². The zero-order chi connectivity index (χ0) is 26.1. The van der Waals surface area contributed by atoms with E-state index in [4.69, 9.17) is 14.2 Å². The SMILES string of the molecule is CCCCCCCCOc1ccc(C(=O)Oc2ccc(OC[C@H]3CC[C@H](CCCCC)CC3)cc2)cc1. The van der Waals surface area contributed by atoms with Crippen LogP contribution in [0.4, 0.5) is 0 Å². The average Bonchev–Trinajstić information content (AvgIpc) is 2.93. The number of ether oxygens (including phenoxy) is 3. The highest BCUT2D eigenvalue weighted by Crippen LogP contribution is 2.32. The van der Waals surface area contributed by atoms with E-state index in [9.17, 15) is 4.79 Å². The largest absolute Gasteiger partial charge is 0.494 e. The van der Waals surface area contributed by atoms with Crippen molar-refractivity contribution in [1.29, 1.82) is 0 Å². The molecule has 0 aliphatic heterocycles. The lowest BCUT2D eigenvalue weighted by atomic mass is 9.80. The van der Waals surface area contributed by atoms with Gasteiger partial charge in [-0.2, -0.15) is 0 Å². The topological polar surface area (TPSA) is 44.8 Å². The third-order valence-corrected chi connectivity index (χ3v) is 7.56. The van der Waals surface area contributed by atoms with E-state index in [2.05, 4.69) is 13.8 Å². The number of hydrogen-bond acceptors (Lipinski definition) is 4. The quantitative estimate of drug-likeness (QED) is 0.121. The zero-order valence-corrected chi connectivity index (χ0v) is 23.2. The molecule has 0 radical (unpaired) electrons. The molecule has 0 heterocycles. The summed E-state index contributed by atoms with van der Waals surface area (Å²) in [6.45, 7) is 5.99. The van der Waals surface area contributed by atoms with Gasteiger partial charge in [0.15, 0.2) is 0 Å². The van der Waals surface area contributed by atoms with Crippen LogP contribution in [0.25, 0.3) is 0 Å². The standard InChI is InChI=1S/C33H48O4/c1-3-5-7-8-9-11-25-35-30-19-17-29(18-20-30)33(34)37-32-23-21-31(22-24-32)36-26-28-15-13-27(14-16-28)12-10-6-4-2/h17-24,27-28H,3-16,25-26H2,1-2H3/t27-,28-. The van der Waals surface area contributed by atoms with Crippen molar-refractivity contribution >= 4 is 5.97 Å². The lowest BCUT2D eigenvalue weighted by Gasteiger charge is -2.28. The Bertz CT molecular complexity index is 866. The van der Waals surface area contributed by atoms with Gasteiger partial charge in [-0.3, -0.25) is 0 Å². The van der Waals surface area contributed by atoms with Gasteiger partial charge >= 0.3 is 5.97 Å². The molecule has 0 amide bonds. The fourth-order valence-electron chi connectivity index (χ4n) is 5.11. The summed E-state index contributed by atoms with van der Waals surface area (Å²) in [5.41, 5.74) is 0.512. The highest BCUT2D eigenvalue weighted by Gasteiger charge is 2.21. The van der Waals surface area contributed by atoms with Crippen molar-refractivity contribution in [2.24, 2.45) is 11.8 Å². The minimum Gasteiger partial charge on any atom is -0.494 e. The molecule has 3 rings (SSSR count). The van der Waals surface area contributed by atoms with Crippen LogP contribution in [0.5, 0.6) is 17.2 Å².